The number of halogens is 1. The molecule has 5 heteroatoms. The third-order valence-corrected chi connectivity index (χ3v) is 3.52. The number of benzene rings is 1. The Morgan fingerprint density at radius 3 is 2.94 bits per heavy atom. The summed E-state index contributed by atoms with van der Waals surface area (Å²) in [6.45, 7) is 2.97. The number of hydrogen-bond donors (Lipinski definition) is 3. The van der Waals surface area contributed by atoms with Crippen molar-refractivity contribution in [1.82, 2.24) is 10.2 Å². The molecule has 0 aliphatic rings. The number of nitrogens with two attached hydrogens (primary N) is 1. The second-order valence-electron chi connectivity index (χ2n) is 4.29. The fraction of sp³-hybridized carbons (Fsp3) is 0.308. The van der Waals surface area contributed by atoms with E-state index in [4.69, 9.17) is 5.73 Å². The van der Waals surface area contributed by atoms with Gasteiger partial charge in [-0.2, -0.15) is 5.10 Å². The molecule has 0 unspecified atom stereocenters. The Hall–Kier alpha value is -1.49. The van der Waals surface area contributed by atoms with E-state index in [2.05, 4.69) is 31.4 Å². The maximum Gasteiger partial charge on any atom is 0.0522 e. The molecule has 0 aliphatic carbocycles. The first-order valence-electron chi connectivity index (χ1n) is 5.94. The number of rotatable bonds is 5. The Labute approximate surface area is 115 Å². The highest BCUT2D eigenvalue weighted by Gasteiger charge is 2.01. The highest BCUT2D eigenvalue weighted by Crippen LogP contribution is 2.24. The van der Waals surface area contributed by atoms with Crippen molar-refractivity contribution in [3.05, 3.63) is 40.1 Å². The lowest BCUT2D eigenvalue weighted by atomic mass is 10.1. The first-order chi connectivity index (χ1) is 8.66. The average Bonchev–Trinajstić information content (AvgIpc) is 2.73. The molecule has 0 amide bonds. The summed E-state index contributed by atoms with van der Waals surface area (Å²) in [7, 11) is 0. The van der Waals surface area contributed by atoms with E-state index in [1.54, 1.807) is 0 Å². The Balaban J connectivity index is 1.80. The molecule has 0 radical (unpaired) electrons. The van der Waals surface area contributed by atoms with Gasteiger partial charge in [-0.05, 0) is 59.5 Å². The highest BCUT2D eigenvalue weighted by atomic mass is 79.9. The summed E-state index contributed by atoms with van der Waals surface area (Å²) in [5, 5.41) is 10.4. The number of nitrogen functional groups attached to an aromatic ring is 1. The zero-order chi connectivity index (χ0) is 13.0. The van der Waals surface area contributed by atoms with Crippen LogP contribution in [0.2, 0.25) is 0 Å². The van der Waals surface area contributed by atoms with Gasteiger partial charge in [0.05, 0.1) is 6.20 Å². The van der Waals surface area contributed by atoms with Crippen molar-refractivity contribution in [3.8, 4) is 0 Å². The molecule has 1 aromatic carbocycles. The van der Waals surface area contributed by atoms with Crippen LogP contribution < -0.4 is 11.1 Å². The average molecular weight is 309 g/mol. The minimum absolute atomic E-state index is 0.765. The predicted octanol–water partition coefficient (Wildman–Crippen LogP) is 3.11. The van der Waals surface area contributed by atoms with Crippen molar-refractivity contribution in [1.29, 1.82) is 0 Å². The minimum atomic E-state index is 0.765. The molecule has 1 heterocycles. The van der Waals surface area contributed by atoms with Gasteiger partial charge in [0.25, 0.3) is 0 Å². The van der Waals surface area contributed by atoms with Gasteiger partial charge in [0.2, 0.25) is 0 Å². The summed E-state index contributed by atoms with van der Waals surface area (Å²) in [4.78, 5) is 0. The van der Waals surface area contributed by atoms with Crippen LogP contribution in [-0.2, 0) is 6.42 Å². The molecular formula is C13H17BrN4. The molecule has 0 fully saturated rings. The Morgan fingerprint density at radius 2 is 2.28 bits per heavy atom. The van der Waals surface area contributed by atoms with E-state index in [1.165, 1.54) is 5.56 Å². The second-order valence-corrected chi connectivity index (χ2v) is 5.14. The third-order valence-electron chi connectivity index (χ3n) is 2.87. The third kappa shape index (κ3) is 3.26. The fourth-order valence-corrected chi connectivity index (χ4v) is 2.34. The van der Waals surface area contributed by atoms with E-state index in [0.717, 1.165) is 40.9 Å². The van der Waals surface area contributed by atoms with Crippen LogP contribution in [0.3, 0.4) is 0 Å². The summed E-state index contributed by atoms with van der Waals surface area (Å²) >= 11 is 3.49. The van der Waals surface area contributed by atoms with Crippen LogP contribution in [-0.4, -0.2) is 16.7 Å². The molecule has 2 rings (SSSR count). The van der Waals surface area contributed by atoms with Gasteiger partial charge >= 0.3 is 0 Å². The zero-order valence-corrected chi connectivity index (χ0v) is 11.9. The van der Waals surface area contributed by atoms with Gasteiger partial charge in [-0.1, -0.05) is 0 Å². The molecule has 0 bridgehead atoms. The molecule has 0 aliphatic heterocycles. The number of anilines is 2. The van der Waals surface area contributed by atoms with E-state index >= 15 is 0 Å². The molecule has 96 valence electrons. The smallest absolute Gasteiger partial charge is 0.0522 e. The van der Waals surface area contributed by atoms with Gasteiger partial charge in [0, 0.05) is 28.1 Å². The van der Waals surface area contributed by atoms with E-state index < -0.39 is 0 Å². The maximum absolute atomic E-state index is 5.69. The molecule has 0 atom stereocenters. The predicted molar refractivity (Wildman–Crippen MR) is 78.7 cm³/mol. The Bertz CT molecular complexity index is 521. The molecule has 0 saturated heterocycles. The molecule has 1 aromatic heterocycles. The van der Waals surface area contributed by atoms with E-state index in [1.807, 2.05) is 31.3 Å². The molecule has 2 aromatic rings. The normalized spacial score (nSPS) is 10.6. The maximum atomic E-state index is 5.69. The van der Waals surface area contributed by atoms with E-state index in [0.29, 0.717) is 0 Å². The summed E-state index contributed by atoms with van der Waals surface area (Å²) in [5.74, 6) is 0. The summed E-state index contributed by atoms with van der Waals surface area (Å²) in [6.07, 6.45) is 3.99. The summed E-state index contributed by atoms with van der Waals surface area (Å²) in [5.41, 5.74) is 9.98. The molecule has 0 spiro atoms. The van der Waals surface area contributed by atoms with Crippen LogP contribution in [0.1, 0.15) is 17.7 Å². The van der Waals surface area contributed by atoms with Gasteiger partial charge in [0.15, 0.2) is 0 Å². The lowest BCUT2D eigenvalue weighted by molar-refractivity contribution is 0.857. The first kappa shape index (κ1) is 13.0. The van der Waals surface area contributed by atoms with Crippen LogP contribution in [0.25, 0.3) is 0 Å². The van der Waals surface area contributed by atoms with Crippen LogP contribution >= 0.6 is 15.9 Å². The zero-order valence-electron chi connectivity index (χ0n) is 10.3. The van der Waals surface area contributed by atoms with Gasteiger partial charge in [0.1, 0.15) is 0 Å². The van der Waals surface area contributed by atoms with Crippen molar-refractivity contribution in [3.63, 3.8) is 0 Å². The van der Waals surface area contributed by atoms with Crippen LogP contribution in [0.5, 0.6) is 0 Å². The largest absolute Gasteiger partial charge is 0.399 e. The van der Waals surface area contributed by atoms with Gasteiger partial charge in [-0.25, -0.2) is 0 Å². The number of nitrogens with zero attached hydrogens (tertiary/aromatic N) is 1. The summed E-state index contributed by atoms with van der Waals surface area (Å²) in [6, 6.07) is 5.79. The second kappa shape index (κ2) is 5.91. The minimum Gasteiger partial charge on any atom is -0.399 e. The SMILES string of the molecule is Cc1[nH]ncc1CCCNc1ccc(N)cc1Br. The lowest BCUT2D eigenvalue weighted by Crippen LogP contribution is -2.04. The number of aryl methyl sites for hydroxylation is 2. The number of H-pyrrole nitrogens is 1. The van der Waals surface area contributed by atoms with Crippen LogP contribution in [0, 0.1) is 6.92 Å². The van der Waals surface area contributed by atoms with Crippen LogP contribution in [0.4, 0.5) is 11.4 Å². The quantitative estimate of drug-likeness (QED) is 0.587. The van der Waals surface area contributed by atoms with Crippen molar-refractivity contribution < 1.29 is 0 Å². The van der Waals surface area contributed by atoms with E-state index in [9.17, 15) is 0 Å². The van der Waals surface area contributed by atoms with Crippen molar-refractivity contribution in [2.75, 3.05) is 17.6 Å². The number of aromatic amines is 1. The Morgan fingerprint density at radius 1 is 1.44 bits per heavy atom. The monoisotopic (exact) mass is 308 g/mol. The molecule has 18 heavy (non-hydrogen) atoms. The lowest BCUT2D eigenvalue weighted by Gasteiger charge is -2.08. The van der Waals surface area contributed by atoms with Crippen molar-refractivity contribution in [2.45, 2.75) is 19.8 Å². The first-order valence-corrected chi connectivity index (χ1v) is 6.74. The van der Waals surface area contributed by atoms with Gasteiger partial charge in [-0.3, -0.25) is 5.10 Å². The Kier molecular flexibility index (Phi) is 4.25. The number of nitrogens with one attached hydrogen (secondary N) is 2. The number of aromatic nitrogens is 2. The van der Waals surface area contributed by atoms with E-state index in [-0.39, 0.29) is 0 Å². The molecule has 0 saturated carbocycles. The molecule has 4 nitrogen and oxygen atoms in total. The fourth-order valence-electron chi connectivity index (χ4n) is 1.80. The highest BCUT2D eigenvalue weighted by molar-refractivity contribution is 9.10. The number of hydrogen-bond acceptors (Lipinski definition) is 3. The standard InChI is InChI=1S/C13H17BrN4/c1-9-10(8-17-18-9)3-2-6-16-13-5-4-11(15)7-12(13)14/h4-5,7-8,16H,2-3,6,15H2,1H3,(H,17,18). The van der Waals surface area contributed by atoms with Crippen molar-refractivity contribution in [2.24, 2.45) is 0 Å². The summed E-state index contributed by atoms with van der Waals surface area (Å²) < 4.78 is 1.00. The topological polar surface area (TPSA) is 66.7 Å². The molecule has 4 N–H and O–H groups in total. The van der Waals surface area contributed by atoms with Gasteiger partial charge < -0.3 is 11.1 Å². The van der Waals surface area contributed by atoms with Crippen molar-refractivity contribution >= 4 is 27.3 Å². The van der Waals surface area contributed by atoms with Gasteiger partial charge in [-0.15, -0.1) is 0 Å². The van der Waals surface area contributed by atoms with Crippen LogP contribution in [0.15, 0.2) is 28.9 Å². The molecular weight excluding hydrogens is 292 g/mol.